The van der Waals surface area contributed by atoms with E-state index in [-0.39, 0.29) is 11.5 Å². The number of nitrogens with zero attached hydrogens (tertiary/aromatic N) is 1. The van der Waals surface area contributed by atoms with Crippen molar-refractivity contribution in [3.8, 4) is 39.2 Å². The van der Waals surface area contributed by atoms with Gasteiger partial charge in [0.2, 0.25) is 0 Å². The van der Waals surface area contributed by atoms with Gasteiger partial charge >= 0.3 is 0 Å². The van der Waals surface area contributed by atoms with Crippen molar-refractivity contribution in [3.05, 3.63) is 66.7 Å². The molecule has 0 aliphatic carbocycles. The molecular formula is C28H29NO4S. The van der Waals surface area contributed by atoms with E-state index in [0.717, 1.165) is 45.0 Å². The molecule has 0 atom stereocenters. The smallest absolute Gasteiger partial charge is 0.153 e. The molecule has 2 heterocycles. The molecule has 0 radical (unpaired) electrons. The highest BCUT2D eigenvalue weighted by Crippen LogP contribution is 2.47. The molecule has 5 rings (SSSR count). The van der Waals surface area contributed by atoms with Gasteiger partial charge in [0.1, 0.15) is 23.0 Å². The fourth-order valence-corrected chi connectivity index (χ4v) is 5.52. The molecule has 0 bridgehead atoms. The van der Waals surface area contributed by atoms with Crippen LogP contribution in [0.25, 0.3) is 20.5 Å². The minimum Gasteiger partial charge on any atom is -0.508 e. The molecule has 34 heavy (non-hydrogen) atoms. The topological polar surface area (TPSA) is 62.2 Å². The fraction of sp³-hybridized carbons (Fsp3) is 0.286. The second-order valence-corrected chi connectivity index (χ2v) is 9.72. The SMILES string of the molecule is Oc1ccc(-c2sc3cc(O)ccc3c2Oc2ccc(OCCCN3CCCCC3)cc2)cc1. The Morgan fingerprint density at radius 3 is 2.26 bits per heavy atom. The summed E-state index contributed by atoms with van der Waals surface area (Å²) in [5, 5.41) is 20.5. The van der Waals surface area contributed by atoms with Gasteiger partial charge in [0, 0.05) is 16.6 Å². The van der Waals surface area contributed by atoms with Crippen LogP contribution in [0.2, 0.25) is 0 Å². The van der Waals surface area contributed by atoms with E-state index >= 15 is 0 Å². The molecule has 0 saturated carbocycles. The number of phenols is 2. The summed E-state index contributed by atoms with van der Waals surface area (Å²) in [6.07, 6.45) is 5.03. The monoisotopic (exact) mass is 475 g/mol. The highest BCUT2D eigenvalue weighted by atomic mass is 32.1. The van der Waals surface area contributed by atoms with Crippen molar-refractivity contribution in [2.45, 2.75) is 25.7 Å². The summed E-state index contributed by atoms with van der Waals surface area (Å²) in [7, 11) is 0. The van der Waals surface area contributed by atoms with E-state index in [0.29, 0.717) is 12.4 Å². The minimum absolute atomic E-state index is 0.219. The highest BCUT2D eigenvalue weighted by molar-refractivity contribution is 7.22. The zero-order valence-corrected chi connectivity index (χ0v) is 19.9. The Morgan fingerprint density at radius 1 is 0.794 bits per heavy atom. The van der Waals surface area contributed by atoms with Crippen molar-refractivity contribution in [1.29, 1.82) is 0 Å². The van der Waals surface area contributed by atoms with Crippen LogP contribution in [-0.4, -0.2) is 41.4 Å². The predicted octanol–water partition coefficient (Wildman–Crippen LogP) is 7.03. The largest absolute Gasteiger partial charge is 0.508 e. The Morgan fingerprint density at radius 2 is 1.50 bits per heavy atom. The number of likely N-dealkylation sites (tertiary alicyclic amines) is 1. The van der Waals surface area contributed by atoms with Crippen LogP contribution < -0.4 is 9.47 Å². The molecule has 0 unspecified atom stereocenters. The Labute approximate surface area is 203 Å². The van der Waals surface area contributed by atoms with Gasteiger partial charge in [-0.2, -0.15) is 0 Å². The van der Waals surface area contributed by atoms with E-state index in [1.165, 1.54) is 32.4 Å². The number of piperidine rings is 1. The molecule has 1 fully saturated rings. The summed E-state index contributed by atoms with van der Waals surface area (Å²) < 4.78 is 13.2. The van der Waals surface area contributed by atoms with E-state index in [9.17, 15) is 10.2 Å². The molecule has 1 aliphatic rings. The Bertz CT molecular complexity index is 1230. The molecule has 176 valence electrons. The van der Waals surface area contributed by atoms with Crippen LogP contribution in [-0.2, 0) is 0 Å². The van der Waals surface area contributed by atoms with Crippen molar-refractivity contribution in [2.24, 2.45) is 0 Å². The standard InChI is InChI=1S/C28H29NO4S/c30-21-7-5-20(6-8-21)28-27(25-14-9-22(31)19-26(25)34-28)33-24-12-10-23(11-13-24)32-18-4-17-29-15-2-1-3-16-29/h5-14,19,30-31H,1-4,15-18H2. The molecule has 3 aromatic carbocycles. The molecule has 5 nitrogen and oxygen atoms in total. The lowest BCUT2D eigenvalue weighted by atomic mass is 10.1. The first-order valence-corrected chi connectivity index (χ1v) is 12.7. The summed E-state index contributed by atoms with van der Waals surface area (Å²) in [4.78, 5) is 3.47. The third-order valence-corrected chi connectivity index (χ3v) is 7.32. The van der Waals surface area contributed by atoms with E-state index < -0.39 is 0 Å². The lowest BCUT2D eigenvalue weighted by Crippen LogP contribution is -2.31. The molecule has 0 spiro atoms. The number of rotatable bonds is 8. The van der Waals surface area contributed by atoms with Crippen LogP contribution in [0.5, 0.6) is 28.7 Å². The maximum absolute atomic E-state index is 9.94. The number of hydrogen-bond donors (Lipinski definition) is 2. The van der Waals surface area contributed by atoms with E-state index in [1.807, 2.05) is 42.5 Å². The molecular weight excluding hydrogens is 446 g/mol. The van der Waals surface area contributed by atoms with Gasteiger partial charge in [-0.05, 0) is 105 Å². The Kier molecular flexibility index (Phi) is 6.88. The van der Waals surface area contributed by atoms with Gasteiger partial charge in [0.25, 0.3) is 0 Å². The first-order chi connectivity index (χ1) is 16.7. The molecule has 4 aromatic rings. The van der Waals surface area contributed by atoms with Gasteiger partial charge in [0.15, 0.2) is 5.75 Å². The van der Waals surface area contributed by atoms with Crippen LogP contribution in [0, 0.1) is 0 Å². The predicted molar refractivity (Wildman–Crippen MR) is 138 cm³/mol. The lowest BCUT2D eigenvalue weighted by molar-refractivity contribution is 0.205. The van der Waals surface area contributed by atoms with Crippen molar-refractivity contribution in [2.75, 3.05) is 26.2 Å². The van der Waals surface area contributed by atoms with Crippen LogP contribution in [0.1, 0.15) is 25.7 Å². The van der Waals surface area contributed by atoms with Gasteiger partial charge < -0.3 is 24.6 Å². The van der Waals surface area contributed by atoms with Gasteiger partial charge in [-0.15, -0.1) is 11.3 Å². The fourth-order valence-electron chi connectivity index (χ4n) is 4.35. The lowest BCUT2D eigenvalue weighted by Gasteiger charge is -2.26. The van der Waals surface area contributed by atoms with Gasteiger partial charge in [-0.1, -0.05) is 6.42 Å². The van der Waals surface area contributed by atoms with Crippen molar-refractivity contribution in [3.63, 3.8) is 0 Å². The third-order valence-electron chi connectivity index (χ3n) is 6.14. The minimum atomic E-state index is 0.219. The van der Waals surface area contributed by atoms with Crippen LogP contribution >= 0.6 is 11.3 Å². The molecule has 1 saturated heterocycles. The molecule has 1 aromatic heterocycles. The molecule has 6 heteroatoms. The van der Waals surface area contributed by atoms with Crippen molar-refractivity contribution < 1.29 is 19.7 Å². The Balaban J connectivity index is 1.28. The van der Waals surface area contributed by atoms with Gasteiger partial charge in [-0.3, -0.25) is 0 Å². The highest BCUT2D eigenvalue weighted by Gasteiger charge is 2.17. The van der Waals surface area contributed by atoms with E-state index in [2.05, 4.69) is 4.90 Å². The second-order valence-electron chi connectivity index (χ2n) is 8.67. The maximum Gasteiger partial charge on any atom is 0.153 e. The number of phenolic OH excluding ortho intramolecular Hbond substituents is 2. The first kappa shape index (κ1) is 22.6. The summed E-state index contributed by atoms with van der Waals surface area (Å²) in [6, 6.07) is 20.1. The van der Waals surface area contributed by atoms with Crippen molar-refractivity contribution >= 4 is 21.4 Å². The first-order valence-electron chi connectivity index (χ1n) is 11.8. The summed E-state index contributed by atoms with van der Waals surface area (Å²) >= 11 is 1.55. The summed E-state index contributed by atoms with van der Waals surface area (Å²) in [5.74, 6) is 2.73. The average Bonchev–Trinajstić information content (AvgIpc) is 3.21. The van der Waals surface area contributed by atoms with Gasteiger partial charge in [0.05, 0.1) is 11.5 Å². The average molecular weight is 476 g/mol. The summed E-state index contributed by atoms with van der Waals surface area (Å²) in [5.41, 5.74) is 0.946. The van der Waals surface area contributed by atoms with Crippen molar-refractivity contribution in [1.82, 2.24) is 4.90 Å². The van der Waals surface area contributed by atoms with Crippen LogP contribution in [0.4, 0.5) is 0 Å². The number of aromatic hydroxyl groups is 2. The normalized spacial score (nSPS) is 14.4. The Hall–Kier alpha value is -3.22. The molecule has 2 N–H and O–H groups in total. The zero-order chi connectivity index (χ0) is 23.3. The summed E-state index contributed by atoms with van der Waals surface area (Å²) in [6.45, 7) is 4.24. The quantitative estimate of drug-likeness (QED) is 0.268. The maximum atomic E-state index is 9.94. The number of hydrogen-bond acceptors (Lipinski definition) is 6. The molecule has 0 amide bonds. The number of ether oxygens (including phenoxy) is 2. The van der Waals surface area contributed by atoms with Gasteiger partial charge in [-0.25, -0.2) is 0 Å². The number of fused-ring (bicyclic) bond motifs is 1. The molecule has 1 aliphatic heterocycles. The van der Waals surface area contributed by atoms with Crippen LogP contribution in [0.3, 0.4) is 0 Å². The second kappa shape index (κ2) is 10.4. The third kappa shape index (κ3) is 5.29. The number of benzene rings is 3. The van der Waals surface area contributed by atoms with E-state index in [4.69, 9.17) is 9.47 Å². The van der Waals surface area contributed by atoms with E-state index in [1.54, 1.807) is 35.6 Å². The zero-order valence-electron chi connectivity index (χ0n) is 19.1. The number of thiophene rings is 1. The van der Waals surface area contributed by atoms with Crippen LogP contribution in [0.15, 0.2) is 66.7 Å².